The minimum atomic E-state index is -5.08. The van der Waals surface area contributed by atoms with E-state index in [4.69, 9.17) is 4.74 Å². The summed E-state index contributed by atoms with van der Waals surface area (Å²) >= 11 is 0. The maximum absolute atomic E-state index is 14.1. The second kappa shape index (κ2) is 14.3. The SMILES string of the molecule is CCOC(=O)CCC1CCC(c2cc(-c3ccc(F)cc3C)c(N(C)C(=O)C(C)(C)c3cc(C(F)(F)F)cc(C(F)(F)F)c3)cn2)CC1. The third kappa shape index (κ3) is 8.36. The standard InChI is InChI=1S/C36H39F7N2O3/c1-6-48-32(46)14-9-22-7-10-23(11-8-22)30-19-29(28-13-12-27(37)15-21(28)2)31(20-44-30)45(5)33(47)34(3,4)24-16-25(35(38,39)40)18-26(17-24)36(41,42)43/h12-13,15-20,22-23H,6-11,14H2,1-5H3. The van der Waals surface area contributed by atoms with Crippen LogP contribution in [0.2, 0.25) is 0 Å². The van der Waals surface area contributed by atoms with Gasteiger partial charge in [-0.05, 0) is 119 Å². The van der Waals surface area contributed by atoms with Crippen LogP contribution in [0.4, 0.5) is 36.4 Å². The van der Waals surface area contributed by atoms with Crippen molar-refractivity contribution in [2.24, 2.45) is 5.92 Å². The Labute approximate surface area is 275 Å². The fourth-order valence-electron chi connectivity index (χ4n) is 6.37. The van der Waals surface area contributed by atoms with Crippen LogP contribution in [0.15, 0.2) is 48.7 Å². The van der Waals surface area contributed by atoms with E-state index >= 15 is 0 Å². The third-order valence-corrected chi connectivity index (χ3v) is 9.22. The van der Waals surface area contributed by atoms with Gasteiger partial charge in [-0.25, -0.2) is 4.39 Å². The summed E-state index contributed by atoms with van der Waals surface area (Å²) < 4.78 is 101. The molecule has 1 fully saturated rings. The van der Waals surface area contributed by atoms with Crippen molar-refractivity contribution in [3.63, 3.8) is 0 Å². The molecule has 5 nitrogen and oxygen atoms in total. The lowest BCUT2D eigenvalue weighted by molar-refractivity contribution is -0.144. The van der Waals surface area contributed by atoms with Crippen molar-refractivity contribution in [1.29, 1.82) is 0 Å². The van der Waals surface area contributed by atoms with Crippen molar-refractivity contribution in [3.8, 4) is 11.1 Å². The number of aryl methyl sites for hydroxylation is 1. The predicted molar refractivity (Wildman–Crippen MR) is 168 cm³/mol. The molecule has 1 aliphatic carbocycles. The van der Waals surface area contributed by atoms with E-state index in [1.807, 2.05) is 6.07 Å². The van der Waals surface area contributed by atoms with E-state index in [0.717, 1.165) is 37.8 Å². The number of anilines is 1. The number of nitrogens with zero attached hydrogens (tertiary/aromatic N) is 2. The van der Waals surface area contributed by atoms with Crippen LogP contribution < -0.4 is 4.90 Å². The van der Waals surface area contributed by atoms with E-state index in [2.05, 4.69) is 4.98 Å². The van der Waals surface area contributed by atoms with Crippen LogP contribution in [0.5, 0.6) is 0 Å². The zero-order chi connectivity index (χ0) is 35.6. The topological polar surface area (TPSA) is 59.5 Å². The molecule has 0 radical (unpaired) electrons. The van der Waals surface area contributed by atoms with Gasteiger partial charge in [0.15, 0.2) is 0 Å². The molecule has 0 aliphatic heterocycles. The lowest BCUT2D eigenvalue weighted by Gasteiger charge is -2.33. The highest BCUT2D eigenvalue weighted by Crippen LogP contribution is 2.43. The Hall–Kier alpha value is -3.96. The Balaban J connectivity index is 1.69. The zero-order valence-corrected chi connectivity index (χ0v) is 27.5. The molecule has 1 aromatic heterocycles. The second-order valence-corrected chi connectivity index (χ2v) is 12.9. The maximum Gasteiger partial charge on any atom is 0.416 e. The maximum atomic E-state index is 14.1. The van der Waals surface area contributed by atoms with Crippen molar-refractivity contribution < 1.29 is 45.1 Å². The molecule has 2 aromatic carbocycles. The molecule has 0 N–H and O–H groups in total. The van der Waals surface area contributed by atoms with Crippen molar-refractivity contribution in [2.75, 3.05) is 18.6 Å². The first-order valence-corrected chi connectivity index (χ1v) is 15.8. The van der Waals surface area contributed by atoms with Crippen LogP contribution >= 0.6 is 0 Å². The molecule has 0 spiro atoms. The number of likely N-dealkylation sites (N-methyl/N-ethyl adjacent to an activating group) is 1. The van der Waals surface area contributed by atoms with Crippen LogP contribution in [0, 0.1) is 18.7 Å². The number of pyridine rings is 1. The van der Waals surface area contributed by atoms with Crippen LogP contribution in [0.25, 0.3) is 11.1 Å². The molecule has 12 heteroatoms. The van der Waals surface area contributed by atoms with Gasteiger partial charge in [-0.1, -0.05) is 6.07 Å². The van der Waals surface area contributed by atoms with Crippen LogP contribution in [-0.4, -0.2) is 30.5 Å². The Morgan fingerprint density at radius 3 is 2.00 bits per heavy atom. The smallest absolute Gasteiger partial charge is 0.416 e. The average molecular weight is 681 g/mol. The summed E-state index contributed by atoms with van der Waals surface area (Å²) in [6.45, 7) is 6.34. The molecule has 3 aromatic rings. The Bertz CT molecular complexity index is 1610. The lowest BCUT2D eigenvalue weighted by atomic mass is 9.78. The molecule has 0 unspecified atom stereocenters. The quantitative estimate of drug-likeness (QED) is 0.167. The van der Waals surface area contributed by atoms with E-state index in [0.29, 0.717) is 47.8 Å². The molecule has 1 amide bonds. The first-order chi connectivity index (χ1) is 22.3. The number of carbonyl (C=O) groups excluding carboxylic acids is 2. The highest BCUT2D eigenvalue weighted by atomic mass is 19.4. The van der Waals surface area contributed by atoms with E-state index in [1.54, 1.807) is 19.9 Å². The summed E-state index contributed by atoms with van der Waals surface area (Å²) in [4.78, 5) is 31.7. The Kier molecular flexibility index (Phi) is 11.0. The number of halogens is 7. The molecular weight excluding hydrogens is 641 g/mol. The molecule has 0 saturated heterocycles. The first kappa shape index (κ1) is 36.9. The van der Waals surface area contributed by atoms with Crippen molar-refractivity contribution in [1.82, 2.24) is 4.98 Å². The fraction of sp³-hybridized carbons (Fsp3) is 0.472. The molecule has 4 rings (SSSR count). The number of hydrogen-bond acceptors (Lipinski definition) is 4. The summed E-state index contributed by atoms with van der Waals surface area (Å²) in [5.74, 6) is -1.02. The summed E-state index contributed by atoms with van der Waals surface area (Å²) in [6.07, 6.45) is -4.22. The molecule has 260 valence electrons. The van der Waals surface area contributed by atoms with Gasteiger partial charge in [0.05, 0.1) is 35.0 Å². The van der Waals surface area contributed by atoms with Crippen LogP contribution in [0.3, 0.4) is 0 Å². The third-order valence-electron chi connectivity index (χ3n) is 9.22. The summed E-state index contributed by atoms with van der Waals surface area (Å²) in [5, 5.41) is 0. The summed E-state index contributed by atoms with van der Waals surface area (Å²) in [5.41, 5.74) is -2.63. The molecule has 1 saturated carbocycles. The van der Waals surface area contributed by atoms with Gasteiger partial charge in [0.1, 0.15) is 5.82 Å². The molecule has 1 heterocycles. The van der Waals surface area contributed by atoms with Gasteiger partial charge in [-0.2, -0.15) is 26.3 Å². The minimum Gasteiger partial charge on any atom is -0.466 e. The monoisotopic (exact) mass is 680 g/mol. The van der Waals surface area contributed by atoms with Crippen LogP contribution in [-0.2, 0) is 32.1 Å². The van der Waals surface area contributed by atoms with Gasteiger partial charge in [0.25, 0.3) is 0 Å². The molecule has 0 atom stereocenters. The number of alkyl halides is 6. The summed E-state index contributed by atoms with van der Waals surface area (Å²) in [7, 11) is 1.39. The molecule has 1 aliphatic rings. The van der Waals surface area contributed by atoms with Crippen molar-refractivity contribution >= 4 is 17.6 Å². The van der Waals surface area contributed by atoms with E-state index < -0.39 is 46.2 Å². The number of rotatable bonds is 9. The van der Waals surface area contributed by atoms with E-state index in [1.165, 1.54) is 44.1 Å². The second-order valence-electron chi connectivity index (χ2n) is 12.9. The zero-order valence-electron chi connectivity index (χ0n) is 27.5. The highest BCUT2D eigenvalue weighted by molar-refractivity contribution is 6.03. The number of ether oxygens (including phenoxy) is 1. The van der Waals surface area contributed by atoms with E-state index in [9.17, 15) is 40.3 Å². The number of hydrogen-bond donors (Lipinski definition) is 0. The lowest BCUT2D eigenvalue weighted by Crippen LogP contribution is -2.42. The van der Waals surface area contributed by atoms with Gasteiger partial charge in [-0.15, -0.1) is 0 Å². The van der Waals surface area contributed by atoms with E-state index in [-0.39, 0.29) is 23.6 Å². The fourth-order valence-corrected chi connectivity index (χ4v) is 6.37. The number of carbonyl (C=O) groups is 2. The minimum absolute atomic E-state index is 0.0275. The largest absolute Gasteiger partial charge is 0.466 e. The first-order valence-electron chi connectivity index (χ1n) is 15.8. The van der Waals surface area contributed by atoms with Crippen molar-refractivity contribution in [2.45, 2.75) is 89.9 Å². The normalized spacial score (nSPS) is 17.2. The van der Waals surface area contributed by atoms with Gasteiger partial charge in [-0.3, -0.25) is 14.6 Å². The molecule has 48 heavy (non-hydrogen) atoms. The highest BCUT2D eigenvalue weighted by Gasteiger charge is 2.41. The summed E-state index contributed by atoms with van der Waals surface area (Å²) in [6, 6.07) is 7.15. The number of amides is 1. The van der Waals surface area contributed by atoms with Gasteiger partial charge in [0.2, 0.25) is 5.91 Å². The number of esters is 1. The Morgan fingerprint density at radius 2 is 1.46 bits per heavy atom. The molecular formula is C36H39F7N2O3. The Morgan fingerprint density at radius 1 is 0.875 bits per heavy atom. The number of benzene rings is 2. The molecule has 0 bridgehead atoms. The number of aromatic nitrogens is 1. The van der Waals surface area contributed by atoms with Crippen LogP contribution in [0.1, 0.15) is 93.2 Å². The van der Waals surface area contributed by atoms with Gasteiger partial charge in [0, 0.05) is 30.6 Å². The average Bonchev–Trinajstić information content (AvgIpc) is 3.02. The van der Waals surface area contributed by atoms with Gasteiger partial charge >= 0.3 is 18.3 Å². The van der Waals surface area contributed by atoms with Crippen molar-refractivity contribution in [3.05, 3.63) is 82.4 Å². The predicted octanol–water partition coefficient (Wildman–Crippen LogP) is 9.79. The van der Waals surface area contributed by atoms with Gasteiger partial charge < -0.3 is 9.64 Å².